The second-order valence-corrected chi connectivity index (χ2v) is 7.95. The molecule has 0 aromatic heterocycles. The van der Waals surface area contributed by atoms with Crippen LogP contribution in [0.2, 0.25) is 5.02 Å². The van der Waals surface area contributed by atoms with Crippen molar-refractivity contribution in [2.24, 2.45) is 0 Å². The van der Waals surface area contributed by atoms with Crippen LogP contribution in [-0.4, -0.2) is 20.5 Å². The Kier molecular flexibility index (Phi) is 4.83. The Labute approximate surface area is 157 Å². The van der Waals surface area contributed by atoms with E-state index in [-0.39, 0.29) is 10.6 Å². The summed E-state index contributed by atoms with van der Waals surface area (Å²) in [5.41, 5.74) is -0.257. The van der Waals surface area contributed by atoms with Crippen molar-refractivity contribution >= 4 is 38.9 Å². The molecule has 144 valence electrons. The Balaban J connectivity index is 1.89. The van der Waals surface area contributed by atoms with Crippen molar-refractivity contribution in [2.75, 3.05) is 10.6 Å². The van der Waals surface area contributed by atoms with Gasteiger partial charge in [-0.05, 0) is 42.8 Å². The van der Waals surface area contributed by atoms with Crippen LogP contribution in [0.25, 0.3) is 0 Å². The van der Waals surface area contributed by atoms with Crippen LogP contribution >= 0.6 is 11.6 Å². The van der Waals surface area contributed by atoms with Crippen LogP contribution in [0, 0.1) is 6.92 Å². The minimum Gasteiger partial charge on any atom is -0.360 e. The molecule has 3 N–H and O–H groups in total. The molecule has 6 nitrogen and oxygen atoms in total. The lowest BCUT2D eigenvalue weighted by Gasteiger charge is -2.27. The number of anilines is 2. The number of alkyl halides is 3. The first-order valence-corrected chi connectivity index (χ1v) is 9.40. The quantitative estimate of drug-likeness (QED) is 0.696. The van der Waals surface area contributed by atoms with Gasteiger partial charge in [0, 0.05) is 10.7 Å². The molecule has 27 heavy (non-hydrogen) atoms. The summed E-state index contributed by atoms with van der Waals surface area (Å²) in [5.74, 6) is -0.804. The molecule has 0 fully saturated rings. The van der Waals surface area contributed by atoms with Crippen LogP contribution < -0.4 is 15.4 Å². The normalized spacial score (nSPS) is 18.3. The minimum absolute atomic E-state index is 0.312. The lowest BCUT2D eigenvalue weighted by Crippen LogP contribution is -2.51. The van der Waals surface area contributed by atoms with Crippen LogP contribution in [-0.2, 0) is 21.0 Å². The molecule has 0 radical (unpaired) electrons. The van der Waals surface area contributed by atoms with Gasteiger partial charge in [0.15, 0.2) is 6.17 Å². The molecular weight excluding hydrogens is 407 g/mol. The van der Waals surface area contributed by atoms with Gasteiger partial charge in [0.05, 0.1) is 11.3 Å². The van der Waals surface area contributed by atoms with Crippen molar-refractivity contribution < 1.29 is 26.4 Å². The maximum Gasteiger partial charge on any atom is 0.416 e. The zero-order valence-corrected chi connectivity index (χ0v) is 15.3. The van der Waals surface area contributed by atoms with E-state index in [1.54, 1.807) is 19.1 Å². The maximum absolute atomic E-state index is 12.9. The maximum atomic E-state index is 12.9. The van der Waals surface area contributed by atoms with E-state index in [0.717, 1.165) is 11.6 Å². The van der Waals surface area contributed by atoms with E-state index in [0.29, 0.717) is 22.8 Å². The van der Waals surface area contributed by atoms with Gasteiger partial charge in [-0.15, -0.1) is 0 Å². The van der Waals surface area contributed by atoms with Crippen molar-refractivity contribution in [3.05, 3.63) is 52.5 Å². The summed E-state index contributed by atoms with van der Waals surface area (Å²) >= 11 is 5.97. The Morgan fingerprint density at radius 1 is 1.19 bits per heavy atom. The molecule has 1 aliphatic rings. The summed E-state index contributed by atoms with van der Waals surface area (Å²) in [4.78, 5) is 12.0. The molecule has 1 amide bonds. The van der Waals surface area contributed by atoms with Gasteiger partial charge < -0.3 is 10.6 Å². The molecule has 2 aromatic rings. The Hall–Kier alpha value is -2.30. The lowest BCUT2D eigenvalue weighted by molar-refractivity contribution is -0.137. The van der Waals surface area contributed by atoms with Crippen LogP contribution in [0.4, 0.5) is 24.5 Å². The fourth-order valence-electron chi connectivity index (χ4n) is 2.46. The number of amides is 1. The summed E-state index contributed by atoms with van der Waals surface area (Å²) in [6.07, 6.45) is -6.15. The van der Waals surface area contributed by atoms with Crippen molar-refractivity contribution in [2.45, 2.75) is 24.2 Å². The van der Waals surface area contributed by atoms with E-state index in [4.69, 9.17) is 11.6 Å². The number of benzene rings is 2. The third-order valence-corrected chi connectivity index (χ3v) is 5.76. The summed E-state index contributed by atoms with van der Waals surface area (Å²) in [5, 5.41) is 5.33. The average molecular weight is 420 g/mol. The van der Waals surface area contributed by atoms with E-state index >= 15 is 0 Å². The first kappa shape index (κ1) is 19.5. The topological polar surface area (TPSA) is 87.3 Å². The van der Waals surface area contributed by atoms with E-state index in [9.17, 15) is 26.4 Å². The van der Waals surface area contributed by atoms with Crippen molar-refractivity contribution in [3.8, 4) is 0 Å². The highest BCUT2D eigenvalue weighted by Crippen LogP contribution is 2.35. The standard InChI is InChI=1S/C16H13ClF3N3O3S/c1-8-2-4-10(7-11(8)17)21-15(24)14-22-12-6-9(16(18,19)20)3-5-13(12)27(25,26)23-14/h2-7,14,22-23H,1H3,(H,21,24). The second kappa shape index (κ2) is 6.70. The van der Waals surface area contributed by atoms with Crippen LogP contribution in [0.15, 0.2) is 41.3 Å². The number of fused-ring (bicyclic) bond motifs is 1. The van der Waals surface area contributed by atoms with Gasteiger partial charge in [-0.25, -0.2) is 8.42 Å². The number of nitrogens with one attached hydrogen (secondary N) is 3. The number of aryl methyl sites for hydroxylation is 1. The zero-order valence-electron chi connectivity index (χ0n) is 13.7. The molecule has 1 unspecified atom stereocenters. The summed E-state index contributed by atoms with van der Waals surface area (Å²) in [6.45, 7) is 1.76. The van der Waals surface area contributed by atoms with Gasteiger partial charge in [-0.3, -0.25) is 4.79 Å². The largest absolute Gasteiger partial charge is 0.416 e. The third kappa shape index (κ3) is 4.02. The van der Waals surface area contributed by atoms with Gasteiger partial charge in [-0.1, -0.05) is 17.7 Å². The highest BCUT2D eigenvalue weighted by atomic mass is 35.5. The fourth-order valence-corrected chi connectivity index (χ4v) is 3.90. The predicted molar refractivity (Wildman–Crippen MR) is 94.0 cm³/mol. The van der Waals surface area contributed by atoms with E-state index in [2.05, 4.69) is 15.4 Å². The van der Waals surface area contributed by atoms with Gasteiger partial charge in [0.2, 0.25) is 10.0 Å². The van der Waals surface area contributed by atoms with E-state index in [1.165, 1.54) is 6.07 Å². The molecule has 0 bridgehead atoms. The highest BCUT2D eigenvalue weighted by molar-refractivity contribution is 7.89. The molecule has 1 atom stereocenters. The molecule has 0 aliphatic carbocycles. The summed E-state index contributed by atoms with van der Waals surface area (Å²) in [6, 6.07) is 6.84. The number of carbonyl (C=O) groups is 1. The van der Waals surface area contributed by atoms with Gasteiger partial charge in [0.1, 0.15) is 4.90 Å². The van der Waals surface area contributed by atoms with Crippen LogP contribution in [0.5, 0.6) is 0 Å². The monoisotopic (exact) mass is 419 g/mol. The van der Waals surface area contributed by atoms with Gasteiger partial charge in [0.25, 0.3) is 5.91 Å². The molecule has 11 heteroatoms. The molecule has 0 saturated heterocycles. The van der Waals surface area contributed by atoms with Crippen molar-refractivity contribution in [1.82, 2.24) is 4.72 Å². The summed E-state index contributed by atoms with van der Waals surface area (Å²) in [7, 11) is -4.17. The minimum atomic E-state index is -4.65. The Morgan fingerprint density at radius 3 is 2.52 bits per heavy atom. The number of sulfonamides is 1. The first-order chi connectivity index (χ1) is 12.5. The van der Waals surface area contributed by atoms with Crippen LogP contribution in [0.3, 0.4) is 0 Å². The van der Waals surface area contributed by atoms with Crippen molar-refractivity contribution in [3.63, 3.8) is 0 Å². The number of hydrogen-bond donors (Lipinski definition) is 3. The SMILES string of the molecule is Cc1ccc(NC(=O)C2Nc3cc(C(F)(F)F)ccc3S(=O)(=O)N2)cc1Cl. The lowest BCUT2D eigenvalue weighted by atomic mass is 10.2. The third-order valence-electron chi connectivity index (χ3n) is 3.87. The molecule has 1 aliphatic heterocycles. The molecule has 0 spiro atoms. The zero-order chi connectivity index (χ0) is 20.0. The van der Waals surface area contributed by atoms with Crippen LogP contribution in [0.1, 0.15) is 11.1 Å². The second-order valence-electron chi connectivity index (χ2n) is 5.86. The predicted octanol–water partition coefficient (Wildman–Crippen LogP) is 3.34. The molecule has 1 heterocycles. The van der Waals surface area contributed by atoms with Gasteiger partial charge in [-0.2, -0.15) is 17.9 Å². The highest BCUT2D eigenvalue weighted by Gasteiger charge is 2.37. The first-order valence-electron chi connectivity index (χ1n) is 7.54. The van der Waals surface area contributed by atoms with E-state index in [1.807, 2.05) is 0 Å². The average Bonchev–Trinajstić information content (AvgIpc) is 2.56. The molecule has 3 rings (SSSR count). The van der Waals surface area contributed by atoms with E-state index < -0.39 is 33.8 Å². The Bertz CT molecular complexity index is 1030. The number of carbonyl (C=O) groups excluding carboxylic acids is 1. The number of hydrogen-bond acceptors (Lipinski definition) is 4. The van der Waals surface area contributed by atoms with Gasteiger partial charge >= 0.3 is 6.18 Å². The van der Waals surface area contributed by atoms with Crippen molar-refractivity contribution in [1.29, 1.82) is 0 Å². The smallest absolute Gasteiger partial charge is 0.360 e. The number of rotatable bonds is 2. The fraction of sp³-hybridized carbons (Fsp3) is 0.188. The molecule has 0 saturated carbocycles. The molecular formula is C16H13ClF3N3O3S. The molecule has 2 aromatic carbocycles. The summed E-state index contributed by atoms with van der Waals surface area (Å²) < 4.78 is 65.3. The Morgan fingerprint density at radius 2 is 1.89 bits per heavy atom. The number of halogens is 4.